The van der Waals surface area contributed by atoms with Gasteiger partial charge in [-0.05, 0) is 24.7 Å². The van der Waals surface area contributed by atoms with Gasteiger partial charge in [0.2, 0.25) is 0 Å². The average molecular weight is 328 g/mol. The second kappa shape index (κ2) is 13.4. The molecule has 3 atom stereocenters. The SMILES string of the molecule is CCCCC(CC)COC(=O)C(CC(CC)CCCC)C(=O)O. The van der Waals surface area contributed by atoms with Gasteiger partial charge in [0.25, 0.3) is 0 Å². The highest BCUT2D eigenvalue weighted by molar-refractivity contribution is 5.93. The molecule has 0 aliphatic carbocycles. The molecule has 0 bridgehead atoms. The van der Waals surface area contributed by atoms with Gasteiger partial charge in [-0.1, -0.05) is 72.6 Å². The van der Waals surface area contributed by atoms with E-state index in [9.17, 15) is 14.7 Å². The summed E-state index contributed by atoms with van der Waals surface area (Å²) in [5.74, 6) is -1.99. The minimum atomic E-state index is -1.05. The van der Waals surface area contributed by atoms with E-state index in [4.69, 9.17) is 4.74 Å². The number of hydrogen-bond acceptors (Lipinski definition) is 3. The molecule has 1 N–H and O–H groups in total. The monoisotopic (exact) mass is 328 g/mol. The van der Waals surface area contributed by atoms with Crippen LogP contribution in [0.25, 0.3) is 0 Å². The lowest BCUT2D eigenvalue weighted by atomic mass is 9.88. The first-order valence-electron chi connectivity index (χ1n) is 9.39. The summed E-state index contributed by atoms with van der Waals surface area (Å²) in [6.45, 7) is 8.76. The van der Waals surface area contributed by atoms with E-state index >= 15 is 0 Å². The Kier molecular flexibility index (Phi) is 12.8. The smallest absolute Gasteiger partial charge is 0.320 e. The van der Waals surface area contributed by atoms with Crippen LogP contribution in [0.1, 0.15) is 85.5 Å². The first-order chi connectivity index (χ1) is 11.0. The molecule has 0 aromatic carbocycles. The topological polar surface area (TPSA) is 63.6 Å². The molecule has 0 aliphatic heterocycles. The third kappa shape index (κ3) is 9.62. The molecule has 0 saturated heterocycles. The Bertz CT molecular complexity index is 327. The van der Waals surface area contributed by atoms with E-state index in [-0.39, 0.29) is 5.92 Å². The summed E-state index contributed by atoms with van der Waals surface area (Å²) in [6, 6.07) is 0. The van der Waals surface area contributed by atoms with Crippen LogP contribution in [0.5, 0.6) is 0 Å². The van der Waals surface area contributed by atoms with Crippen molar-refractivity contribution in [3.8, 4) is 0 Å². The summed E-state index contributed by atoms with van der Waals surface area (Å²) >= 11 is 0. The molecule has 23 heavy (non-hydrogen) atoms. The van der Waals surface area contributed by atoms with Gasteiger partial charge in [0.05, 0.1) is 6.61 Å². The molecule has 0 heterocycles. The fourth-order valence-electron chi connectivity index (χ4n) is 2.81. The fraction of sp³-hybridized carbons (Fsp3) is 0.895. The average Bonchev–Trinajstić information content (AvgIpc) is 2.54. The first-order valence-corrected chi connectivity index (χ1v) is 9.39. The molecule has 4 nitrogen and oxygen atoms in total. The lowest BCUT2D eigenvalue weighted by molar-refractivity contribution is -0.160. The van der Waals surface area contributed by atoms with E-state index in [0.29, 0.717) is 18.9 Å². The highest BCUT2D eigenvalue weighted by atomic mass is 16.5. The first kappa shape index (κ1) is 21.9. The van der Waals surface area contributed by atoms with Gasteiger partial charge < -0.3 is 9.84 Å². The third-order valence-electron chi connectivity index (χ3n) is 4.70. The summed E-state index contributed by atoms with van der Waals surface area (Å²) < 4.78 is 5.35. The van der Waals surface area contributed by atoms with Gasteiger partial charge in [0.15, 0.2) is 5.92 Å². The number of esters is 1. The van der Waals surface area contributed by atoms with Crippen molar-refractivity contribution in [2.75, 3.05) is 6.61 Å². The summed E-state index contributed by atoms with van der Waals surface area (Å²) in [5, 5.41) is 9.38. The predicted octanol–water partition coefficient (Wildman–Crippen LogP) is 5.05. The van der Waals surface area contributed by atoms with Gasteiger partial charge in [-0.3, -0.25) is 9.59 Å². The number of unbranched alkanes of at least 4 members (excludes halogenated alkanes) is 2. The van der Waals surface area contributed by atoms with Gasteiger partial charge in [-0.15, -0.1) is 0 Å². The van der Waals surface area contributed by atoms with E-state index in [0.717, 1.165) is 51.4 Å². The van der Waals surface area contributed by atoms with Crippen molar-refractivity contribution in [2.45, 2.75) is 85.5 Å². The lowest BCUT2D eigenvalue weighted by Crippen LogP contribution is -2.29. The Hall–Kier alpha value is -1.06. The van der Waals surface area contributed by atoms with Crippen LogP contribution in [0.4, 0.5) is 0 Å². The van der Waals surface area contributed by atoms with Crippen molar-refractivity contribution in [3.05, 3.63) is 0 Å². The van der Waals surface area contributed by atoms with Crippen molar-refractivity contribution in [3.63, 3.8) is 0 Å². The molecule has 0 rings (SSSR count). The Morgan fingerprint density at radius 1 is 0.913 bits per heavy atom. The quantitative estimate of drug-likeness (QED) is 0.358. The number of carbonyl (C=O) groups is 2. The van der Waals surface area contributed by atoms with E-state index in [1.54, 1.807) is 0 Å². The zero-order valence-corrected chi connectivity index (χ0v) is 15.5. The van der Waals surface area contributed by atoms with Crippen molar-refractivity contribution < 1.29 is 19.4 Å². The molecular formula is C19H36O4. The molecule has 0 aromatic rings. The highest BCUT2D eigenvalue weighted by Gasteiger charge is 2.30. The van der Waals surface area contributed by atoms with Crippen molar-refractivity contribution in [1.82, 2.24) is 0 Å². The van der Waals surface area contributed by atoms with Crippen LogP contribution in [-0.2, 0) is 14.3 Å². The number of rotatable bonds is 14. The van der Waals surface area contributed by atoms with Gasteiger partial charge in [-0.2, -0.15) is 0 Å². The van der Waals surface area contributed by atoms with Crippen molar-refractivity contribution in [1.29, 1.82) is 0 Å². The zero-order valence-electron chi connectivity index (χ0n) is 15.5. The summed E-state index contributed by atoms with van der Waals surface area (Å²) in [5.41, 5.74) is 0. The molecule has 0 amide bonds. The summed E-state index contributed by atoms with van der Waals surface area (Å²) in [4.78, 5) is 23.7. The lowest BCUT2D eigenvalue weighted by Gasteiger charge is -2.20. The zero-order chi connectivity index (χ0) is 17.7. The second-order valence-corrected chi connectivity index (χ2v) is 6.59. The van der Waals surface area contributed by atoms with Crippen LogP contribution in [-0.4, -0.2) is 23.7 Å². The number of carbonyl (C=O) groups excluding carboxylic acids is 1. The van der Waals surface area contributed by atoms with E-state index in [1.165, 1.54) is 0 Å². The number of ether oxygens (including phenoxy) is 1. The van der Waals surface area contributed by atoms with Gasteiger partial charge in [-0.25, -0.2) is 0 Å². The van der Waals surface area contributed by atoms with E-state index in [2.05, 4.69) is 27.7 Å². The number of carboxylic acids is 1. The van der Waals surface area contributed by atoms with Crippen LogP contribution in [0, 0.1) is 17.8 Å². The Morgan fingerprint density at radius 3 is 1.87 bits per heavy atom. The number of hydrogen-bond donors (Lipinski definition) is 1. The maximum atomic E-state index is 12.2. The largest absolute Gasteiger partial charge is 0.481 e. The summed E-state index contributed by atoms with van der Waals surface area (Å²) in [6.07, 6.45) is 8.69. The van der Waals surface area contributed by atoms with Crippen LogP contribution in [0.3, 0.4) is 0 Å². The molecule has 0 aliphatic rings. The predicted molar refractivity (Wildman–Crippen MR) is 93.3 cm³/mol. The maximum Gasteiger partial charge on any atom is 0.320 e. The Balaban J connectivity index is 4.51. The van der Waals surface area contributed by atoms with Crippen molar-refractivity contribution in [2.24, 2.45) is 17.8 Å². The van der Waals surface area contributed by atoms with Gasteiger partial charge in [0.1, 0.15) is 0 Å². The Morgan fingerprint density at radius 2 is 1.43 bits per heavy atom. The number of aliphatic carboxylic acids is 1. The maximum absolute atomic E-state index is 12.2. The third-order valence-corrected chi connectivity index (χ3v) is 4.70. The molecule has 0 saturated carbocycles. The van der Waals surface area contributed by atoms with Gasteiger partial charge >= 0.3 is 11.9 Å². The molecule has 3 unspecified atom stereocenters. The normalized spacial score (nSPS) is 15.0. The standard InChI is InChI=1S/C19H36O4/c1-5-9-11-15(7-3)13-17(18(20)21)19(22)23-14-16(8-4)12-10-6-2/h15-17H,5-14H2,1-4H3,(H,20,21). The molecule has 0 fully saturated rings. The molecule has 4 heteroatoms. The van der Waals surface area contributed by atoms with Crippen LogP contribution in [0.15, 0.2) is 0 Å². The van der Waals surface area contributed by atoms with Crippen LogP contribution < -0.4 is 0 Å². The Labute approximate surface area is 142 Å². The van der Waals surface area contributed by atoms with Crippen LogP contribution >= 0.6 is 0 Å². The van der Waals surface area contributed by atoms with E-state index < -0.39 is 17.9 Å². The molecule has 0 spiro atoms. The minimum Gasteiger partial charge on any atom is -0.481 e. The van der Waals surface area contributed by atoms with Crippen LogP contribution in [0.2, 0.25) is 0 Å². The molecular weight excluding hydrogens is 292 g/mol. The molecule has 136 valence electrons. The fourth-order valence-corrected chi connectivity index (χ4v) is 2.81. The second-order valence-electron chi connectivity index (χ2n) is 6.59. The molecule has 0 aromatic heterocycles. The summed E-state index contributed by atoms with van der Waals surface area (Å²) in [7, 11) is 0. The number of carboxylic acid groups (broad SMARTS) is 1. The van der Waals surface area contributed by atoms with Gasteiger partial charge in [0, 0.05) is 0 Å². The highest BCUT2D eigenvalue weighted by Crippen LogP contribution is 2.23. The van der Waals surface area contributed by atoms with E-state index in [1.807, 2.05) is 0 Å². The minimum absolute atomic E-state index is 0.283. The molecule has 0 radical (unpaired) electrons. The van der Waals surface area contributed by atoms with Crippen molar-refractivity contribution >= 4 is 11.9 Å².